The van der Waals surface area contributed by atoms with Gasteiger partial charge in [-0.1, -0.05) is 39.5 Å². The third-order valence-corrected chi connectivity index (χ3v) is 8.66. The summed E-state index contributed by atoms with van der Waals surface area (Å²) in [5, 5.41) is 0. The molecule has 2 fully saturated rings. The fraction of sp³-hybridized carbons (Fsp3) is 1.00. The number of hydrogen-bond donors (Lipinski definition) is 0. The summed E-state index contributed by atoms with van der Waals surface area (Å²) in [6.45, 7) is 12.1. The van der Waals surface area contributed by atoms with Gasteiger partial charge >= 0.3 is 0 Å². The van der Waals surface area contributed by atoms with E-state index in [4.69, 9.17) is 0 Å². The minimum absolute atomic E-state index is 0.402. The van der Waals surface area contributed by atoms with Crippen LogP contribution in [0.25, 0.3) is 0 Å². The molecule has 2 aliphatic rings. The van der Waals surface area contributed by atoms with Crippen molar-refractivity contribution in [1.29, 1.82) is 0 Å². The maximum atomic E-state index is 12.2. The fourth-order valence-electron chi connectivity index (χ4n) is 5.10. The van der Waals surface area contributed by atoms with Gasteiger partial charge in [-0.3, -0.25) is 0 Å². The van der Waals surface area contributed by atoms with Crippen molar-refractivity contribution < 1.29 is 8.42 Å². The van der Waals surface area contributed by atoms with E-state index >= 15 is 0 Å². The molecule has 5 heteroatoms. The second kappa shape index (κ2) is 14.0. The van der Waals surface area contributed by atoms with E-state index in [1.165, 1.54) is 90.6 Å². The van der Waals surface area contributed by atoms with E-state index in [0.29, 0.717) is 11.5 Å². The van der Waals surface area contributed by atoms with E-state index < -0.39 is 9.84 Å². The van der Waals surface area contributed by atoms with Crippen LogP contribution in [0.2, 0.25) is 0 Å². The molecule has 0 aromatic carbocycles. The molecule has 0 N–H and O–H groups in total. The fourth-order valence-corrected chi connectivity index (χ4v) is 6.60. The summed E-state index contributed by atoms with van der Waals surface area (Å²) in [4.78, 5) is 5.19. The lowest BCUT2D eigenvalue weighted by Crippen LogP contribution is -2.34. The number of piperidine rings is 2. The summed E-state index contributed by atoms with van der Waals surface area (Å²) in [5.41, 5.74) is 0. The molecule has 2 aliphatic heterocycles. The molecule has 0 aromatic heterocycles. The van der Waals surface area contributed by atoms with Gasteiger partial charge in [-0.25, -0.2) is 8.42 Å². The van der Waals surface area contributed by atoms with Crippen molar-refractivity contribution in [2.24, 2.45) is 11.8 Å². The van der Waals surface area contributed by atoms with Gasteiger partial charge in [-0.15, -0.1) is 0 Å². The standard InChI is InChI=1S/C24H48N2O2S/c1-23-13-11-17-25(21-23)15-7-3-5-9-19-29(27,28)20-10-6-4-8-16-26-18-12-14-24(2)22-26/h23-24H,3-22H2,1-2H3. The minimum atomic E-state index is -2.83. The molecule has 4 nitrogen and oxygen atoms in total. The summed E-state index contributed by atoms with van der Waals surface area (Å²) in [6, 6.07) is 0. The number of sulfone groups is 1. The summed E-state index contributed by atoms with van der Waals surface area (Å²) < 4.78 is 24.5. The summed E-state index contributed by atoms with van der Waals surface area (Å²) >= 11 is 0. The van der Waals surface area contributed by atoms with Crippen LogP contribution in [-0.2, 0) is 9.84 Å². The highest BCUT2D eigenvalue weighted by molar-refractivity contribution is 7.91. The van der Waals surface area contributed by atoms with Gasteiger partial charge in [0.05, 0.1) is 11.5 Å². The molecule has 172 valence electrons. The van der Waals surface area contributed by atoms with Crippen LogP contribution < -0.4 is 0 Å². The molecular weight excluding hydrogens is 380 g/mol. The molecule has 2 heterocycles. The summed E-state index contributed by atoms with van der Waals surface area (Å²) in [7, 11) is -2.83. The van der Waals surface area contributed by atoms with Gasteiger partial charge in [-0.2, -0.15) is 0 Å². The van der Waals surface area contributed by atoms with Crippen molar-refractivity contribution in [3.05, 3.63) is 0 Å². The maximum absolute atomic E-state index is 12.2. The second-order valence-electron chi connectivity index (χ2n) is 10.1. The maximum Gasteiger partial charge on any atom is 0.150 e. The smallest absolute Gasteiger partial charge is 0.150 e. The van der Waals surface area contributed by atoms with E-state index in [0.717, 1.165) is 37.5 Å². The van der Waals surface area contributed by atoms with Crippen LogP contribution in [0, 0.1) is 11.8 Å². The third kappa shape index (κ3) is 11.7. The second-order valence-corrected chi connectivity index (χ2v) is 12.4. The quantitative estimate of drug-likeness (QED) is 0.366. The van der Waals surface area contributed by atoms with Gasteiger partial charge in [-0.05, 0) is 89.4 Å². The number of likely N-dealkylation sites (tertiary alicyclic amines) is 2. The van der Waals surface area contributed by atoms with Crippen molar-refractivity contribution in [3.8, 4) is 0 Å². The average molecular weight is 429 g/mol. The molecular formula is C24H48N2O2S. The Morgan fingerprint density at radius 3 is 1.48 bits per heavy atom. The lowest BCUT2D eigenvalue weighted by atomic mass is 10.00. The number of unbranched alkanes of at least 4 members (excludes halogenated alkanes) is 6. The molecule has 2 saturated heterocycles. The lowest BCUT2D eigenvalue weighted by molar-refractivity contribution is 0.181. The van der Waals surface area contributed by atoms with Crippen molar-refractivity contribution in [2.45, 2.75) is 90.9 Å². The molecule has 2 unspecified atom stereocenters. The first-order valence-electron chi connectivity index (χ1n) is 12.6. The molecule has 29 heavy (non-hydrogen) atoms. The predicted molar refractivity (Wildman–Crippen MR) is 125 cm³/mol. The van der Waals surface area contributed by atoms with E-state index in [2.05, 4.69) is 23.6 Å². The molecule has 0 radical (unpaired) electrons. The molecule has 0 saturated carbocycles. The van der Waals surface area contributed by atoms with Gasteiger partial charge in [0.15, 0.2) is 0 Å². The Morgan fingerprint density at radius 1 is 0.655 bits per heavy atom. The number of nitrogens with zero attached hydrogens (tertiary/aromatic N) is 2. The van der Waals surface area contributed by atoms with Gasteiger partial charge in [0.25, 0.3) is 0 Å². The van der Waals surface area contributed by atoms with Crippen LogP contribution >= 0.6 is 0 Å². The molecule has 0 spiro atoms. The first-order chi connectivity index (χ1) is 13.9. The first kappa shape index (κ1) is 25.1. The predicted octanol–water partition coefficient (Wildman–Crippen LogP) is 4.99. The number of rotatable bonds is 14. The van der Waals surface area contributed by atoms with E-state index in [9.17, 15) is 8.42 Å². The third-order valence-electron chi connectivity index (χ3n) is 6.84. The molecule has 0 aliphatic carbocycles. The number of hydrogen-bond acceptors (Lipinski definition) is 4. The average Bonchev–Trinajstić information content (AvgIpc) is 2.67. The van der Waals surface area contributed by atoms with Crippen LogP contribution in [-0.4, -0.2) is 69.0 Å². The Hall–Kier alpha value is -0.130. The van der Waals surface area contributed by atoms with Gasteiger partial charge in [0.1, 0.15) is 9.84 Å². The Morgan fingerprint density at radius 2 is 1.07 bits per heavy atom. The molecule has 2 rings (SSSR count). The lowest BCUT2D eigenvalue weighted by Gasteiger charge is -2.30. The van der Waals surface area contributed by atoms with E-state index in [1.807, 2.05) is 0 Å². The topological polar surface area (TPSA) is 40.6 Å². The van der Waals surface area contributed by atoms with Crippen molar-refractivity contribution >= 4 is 9.84 Å². The van der Waals surface area contributed by atoms with Gasteiger partial charge in [0, 0.05) is 13.1 Å². The van der Waals surface area contributed by atoms with Crippen LogP contribution in [0.15, 0.2) is 0 Å². The first-order valence-corrected chi connectivity index (χ1v) is 14.4. The molecule has 0 bridgehead atoms. The summed E-state index contributed by atoms with van der Waals surface area (Å²) in [6.07, 6.45) is 14.1. The Bertz CT molecular complexity index is 483. The normalized spacial score (nSPS) is 24.8. The molecule has 2 atom stereocenters. The van der Waals surface area contributed by atoms with Gasteiger partial charge < -0.3 is 9.80 Å². The van der Waals surface area contributed by atoms with Crippen LogP contribution in [0.1, 0.15) is 90.9 Å². The Kier molecular flexibility index (Phi) is 12.2. The van der Waals surface area contributed by atoms with Crippen LogP contribution in [0.4, 0.5) is 0 Å². The van der Waals surface area contributed by atoms with E-state index in [1.54, 1.807) is 0 Å². The highest BCUT2D eigenvalue weighted by Crippen LogP contribution is 2.17. The highest BCUT2D eigenvalue weighted by atomic mass is 32.2. The Balaban J connectivity index is 1.40. The Labute approximate surface area is 181 Å². The van der Waals surface area contributed by atoms with Crippen molar-refractivity contribution in [1.82, 2.24) is 9.80 Å². The zero-order valence-corrected chi connectivity index (χ0v) is 20.2. The minimum Gasteiger partial charge on any atom is -0.303 e. The zero-order chi connectivity index (χ0) is 21.0. The van der Waals surface area contributed by atoms with E-state index in [-0.39, 0.29) is 0 Å². The van der Waals surface area contributed by atoms with Crippen molar-refractivity contribution in [2.75, 3.05) is 50.8 Å². The van der Waals surface area contributed by atoms with Crippen molar-refractivity contribution in [3.63, 3.8) is 0 Å². The largest absolute Gasteiger partial charge is 0.303 e. The highest BCUT2D eigenvalue weighted by Gasteiger charge is 2.16. The van der Waals surface area contributed by atoms with Crippen LogP contribution in [0.5, 0.6) is 0 Å². The molecule has 0 amide bonds. The molecule has 0 aromatic rings. The monoisotopic (exact) mass is 428 g/mol. The SMILES string of the molecule is CC1CCCN(CCCCCCS(=O)(=O)CCCCCCN2CCCC(C)C2)C1. The van der Waals surface area contributed by atoms with Gasteiger partial charge in [0.2, 0.25) is 0 Å². The van der Waals surface area contributed by atoms with Crippen LogP contribution in [0.3, 0.4) is 0 Å². The zero-order valence-electron chi connectivity index (χ0n) is 19.4. The summed E-state index contributed by atoms with van der Waals surface area (Å²) in [5.74, 6) is 2.50.